The molecule has 0 aliphatic carbocycles. The lowest BCUT2D eigenvalue weighted by Crippen LogP contribution is -2.30. The van der Waals surface area contributed by atoms with E-state index in [-0.39, 0.29) is 25.7 Å². The van der Waals surface area contributed by atoms with Crippen LogP contribution >= 0.6 is 15.6 Å². The number of phosphoric ester groups is 2. The van der Waals surface area contributed by atoms with Gasteiger partial charge in [-0.25, -0.2) is 9.13 Å². The Labute approximate surface area is 556 Å². The molecule has 91 heavy (non-hydrogen) atoms. The molecule has 0 bridgehead atoms. The summed E-state index contributed by atoms with van der Waals surface area (Å²) in [4.78, 5) is 72.6. The van der Waals surface area contributed by atoms with E-state index in [1.165, 1.54) is 167 Å². The summed E-state index contributed by atoms with van der Waals surface area (Å²) in [5.74, 6) is 0.0951. The van der Waals surface area contributed by atoms with Gasteiger partial charge >= 0.3 is 39.5 Å². The number of carbonyl (C=O) groups excluding carboxylic acids is 4. The van der Waals surface area contributed by atoms with Crippen LogP contribution in [0, 0.1) is 17.8 Å². The molecule has 19 heteroatoms. The number of hydrogen-bond donors (Lipinski definition) is 3. The molecule has 17 nitrogen and oxygen atoms in total. The van der Waals surface area contributed by atoms with E-state index in [0.717, 1.165) is 114 Å². The maximum atomic E-state index is 13.0. The van der Waals surface area contributed by atoms with Gasteiger partial charge in [-0.2, -0.15) is 0 Å². The van der Waals surface area contributed by atoms with Crippen molar-refractivity contribution in [3.63, 3.8) is 0 Å². The fourth-order valence-corrected chi connectivity index (χ4v) is 12.4. The minimum absolute atomic E-state index is 0.103. The van der Waals surface area contributed by atoms with Gasteiger partial charge in [-0.1, -0.05) is 312 Å². The van der Waals surface area contributed by atoms with E-state index in [2.05, 4.69) is 48.5 Å². The predicted molar refractivity (Wildman–Crippen MR) is 368 cm³/mol. The van der Waals surface area contributed by atoms with Crippen LogP contribution in [0.1, 0.15) is 363 Å². The maximum absolute atomic E-state index is 13.0. The van der Waals surface area contributed by atoms with Crippen molar-refractivity contribution in [2.24, 2.45) is 17.8 Å². The van der Waals surface area contributed by atoms with Gasteiger partial charge in [0.05, 0.1) is 26.4 Å². The molecule has 0 saturated heterocycles. The molecule has 0 spiro atoms. The molecular weight excluding hydrogens is 1200 g/mol. The Morgan fingerprint density at radius 2 is 0.560 bits per heavy atom. The number of aliphatic hydroxyl groups is 1. The van der Waals surface area contributed by atoms with Crippen molar-refractivity contribution in [1.29, 1.82) is 0 Å². The van der Waals surface area contributed by atoms with E-state index in [9.17, 15) is 43.2 Å². The van der Waals surface area contributed by atoms with Gasteiger partial charge in [0.2, 0.25) is 0 Å². The number of carbonyl (C=O) groups is 4. The van der Waals surface area contributed by atoms with Crippen LogP contribution < -0.4 is 0 Å². The van der Waals surface area contributed by atoms with E-state index >= 15 is 0 Å². The van der Waals surface area contributed by atoms with Crippen molar-refractivity contribution in [1.82, 2.24) is 0 Å². The number of phosphoric acid groups is 2. The first kappa shape index (κ1) is 89.1. The van der Waals surface area contributed by atoms with Gasteiger partial charge in [-0.3, -0.25) is 37.3 Å². The molecule has 0 aromatic carbocycles. The van der Waals surface area contributed by atoms with Gasteiger partial charge in [0.15, 0.2) is 12.2 Å². The summed E-state index contributed by atoms with van der Waals surface area (Å²) in [5.41, 5.74) is 0. The Bertz CT molecular complexity index is 1790. The normalized spacial score (nSPS) is 14.5. The zero-order valence-corrected chi connectivity index (χ0v) is 61.1. The summed E-state index contributed by atoms with van der Waals surface area (Å²) in [5, 5.41) is 10.6. The molecule has 540 valence electrons. The van der Waals surface area contributed by atoms with Gasteiger partial charge in [-0.05, 0) is 43.4 Å². The molecule has 0 amide bonds. The molecule has 0 aromatic heterocycles. The molecule has 6 atom stereocenters. The Balaban J connectivity index is 5.25. The minimum atomic E-state index is -4.95. The van der Waals surface area contributed by atoms with Gasteiger partial charge in [-0.15, -0.1) is 0 Å². The molecule has 3 unspecified atom stereocenters. The van der Waals surface area contributed by atoms with E-state index in [1.807, 2.05) is 0 Å². The lowest BCUT2D eigenvalue weighted by Gasteiger charge is -2.21. The van der Waals surface area contributed by atoms with E-state index < -0.39 is 97.5 Å². The summed E-state index contributed by atoms with van der Waals surface area (Å²) < 4.78 is 68.4. The van der Waals surface area contributed by atoms with Crippen molar-refractivity contribution in [2.45, 2.75) is 381 Å². The van der Waals surface area contributed by atoms with E-state index in [1.54, 1.807) is 0 Å². The van der Waals surface area contributed by atoms with E-state index in [0.29, 0.717) is 25.7 Å². The van der Waals surface area contributed by atoms with Gasteiger partial charge in [0, 0.05) is 25.7 Å². The second kappa shape index (κ2) is 62.8. The Morgan fingerprint density at radius 1 is 0.319 bits per heavy atom. The van der Waals surface area contributed by atoms with Crippen molar-refractivity contribution in [2.75, 3.05) is 39.6 Å². The fraction of sp³-hybridized carbons (Fsp3) is 0.944. The zero-order chi connectivity index (χ0) is 67.3. The number of hydrogen-bond acceptors (Lipinski definition) is 15. The molecule has 3 N–H and O–H groups in total. The van der Waals surface area contributed by atoms with Crippen LogP contribution in [-0.2, 0) is 65.4 Å². The first-order chi connectivity index (χ1) is 43.8. The van der Waals surface area contributed by atoms with Gasteiger partial charge < -0.3 is 33.8 Å². The minimum Gasteiger partial charge on any atom is -0.462 e. The third kappa shape index (κ3) is 65.1. The smallest absolute Gasteiger partial charge is 0.462 e. The lowest BCUT2D eigenvalue weighted by atomic mass is 10.00. The Hall–Kier alpha value is -1.94. The van der Waals surface area contributed by atoms with Crippen LogP contribution in [0.5, 0.6) is 0 Å². The molecule has 0 saturated carbocycles. The van der Waals surface area contributed by atoms with Crippen molar-refractivity contribution in [3.8, 4) is 0 Å². The summed E-state index contributed by atoms with van der Waals surface area (Å²) in [6.45, 7) is 11.8. The van der Waals surface area contributed by atoms with Crippen molar-refractivity contribution in [3.05, 3.63) is 0 Å². The van der Waals surface area contributed by atoms with Crippen LogP contribution in [0.3, 0.4) is 0 Å². The van der Waals surface area contributed by atoms with Gasteiger partial charge in [0.25, 0.3) is 0 Å². The van der Waals surface area contributed by atoms with Crippen LogP contribution in [-0.4, -0.2) is 96.7 Å². The highest BCUT2D eigenvalue weighted by atomic mass is 31.2. The topological polar surface area (TPSA) is 237 Å². The maximum Gasteiger partial charge on any atom is 0.472 e. The van der Waals surface area contributed by atoms with Crippen LogP contribution in [0.15, 0.2) is 0 Å². The largest absolute Gasteiger partial charge is 0.472 e. The molecule has 0 aromatic rings. The van der Waals surface area contributed by atoms with Gasteiger partial charge in [0.1, 0.15) is 19.3 Å². The monoisotopic (exact) mass is 1340 g/mol. The average Bonchev–Trinajstić information content (AvgIpc) is 3.51. The predicted octanol–water partition coefficient (Wildman–Crippen LogP) is 20.6. The Morgan fingerprint density at radius 3 is 0.835 bits per heavy atom. The fourth-order valence-electron chi connectivity index (χ4n) is 10.9. The van der Waals surface area contributed by atoms with Crippen molar-refractivity contribution < 1.29 is 80.2 Å². The second-order valence-electron chi connectivity index (χ2n) is 27.2. The first-order valence-corrected chi connectivity index (χ1v) is 40.4. The third-order valence-electron chi connectivity index (χ3n) is 17.0. The highest BCUT2D eigenvalue weighted by Gasteiger charge is 2.30. The summed E-state index contributed by atoms with van der Waals surface area (Å²) in [6, 6.07) is 0. The highest BCUT2D eigenvalue weighted by Crippen LogP contribution is 2.45. The summed E-state index contributed by atoms with van der Waals surface area (Å²) in [6.07, 6.45) is 47.2. The molecule has 0 fully saturated rings. The number of unbranched alkanes of at least 4 members (excludes halogenated alkanes) is 37. The van der Waals surface area contributed by atoms with Crippen LogP contribution in [0.4, 0.5) is 0 Å². The number of esters is 4. The molecule has 0 radical (unpaired) electrons. The zero-order valence-electron chi connectivity index (χ0n) is 59.3. The molecular formula is C72H140O17P2. The standard InChI is InChI=1S/C72H140O17P2/c1-8-10-11-12-13-14-15-16-17-18-19-22-26-32-41-48-55-71(76)88-67(59-82-69(74)53-46-39-31-25-23-20-21-24-29-36-43-50-63(3)4)61-86-90(78,79)84-57-66(73)58-85-91(80,81)87-62-68(60-83-70(75)54-47-40-35-34-38-45-52-65(7)9-2)89-72(77)56-49-42-33-28-27-30-37-44-51-64(5)6/h63-68,73H,8-62H2,1-7H3,(H,78,79)(H,80,81)/t65?,66-,67-,68-/m1/s1. The quantitative estimate of drug-likeness (QED) is 0.0222. The second-order valence-corrected chi connectivity index (χ2v) is 30.1. The number of rotatable bonds is 70. The molecule has 0 aliphatic heterocycles. The van der Waals surface area contributed by atoms with Crippen molar-refractivity contribution >= 4 is 39.5 Å². The third-order valence-corrected chi connectivity index (χ3v) is 18.9. The molecule has 0 aliphatic rings. The average molecular weight is 1340 g/mol. The van der Waals surface area contributed by atoms with E-state index in [4.69, 9.17) is 37.0 Å². The molecule has 0 heterocycles. The first-order valence-electron chi connectivity index (χ1n) is 37.4. The Kier molecular flexibility index (Phi) is 61.5. The summed E-state index contributed by atoms with van der Waals surface area (Å²) >= 11 is 0. The van der Waals surface area contributed by atoms with Crippen LogP contribution in [0.25, 0.3) is 0 Å². The lowest BCUT2D eigenvalue weighted by molar-refractivity contribution is -0.161. The summed E-state index contributed by atoms with van der Waals surface area (Å²) in [7, 11) is -9.90. The number of ether oxygens (including phenoxy) is 4. The highest BCUT2D eigenvalue weighted by molar-refractivity contribution is 7.47. The SMILES string of the molecule is CCCCCCCCCCCCCCCCCCC(=O)O[C@H](COC(=O)CCCCCCCCCCCCCC(C)C)COP(=O)(O)OC[C@@H](O)COP(=O)(O)OC[C@@H](COC(=O)CCCCCCCCC(C)CC)OC(=O)CCCCCCCCCCC(C)C. The number of aliphatic hydroxyl groups excluding tert-OH is 1. The molecule has 0 rings (SSSR count). The van der Waals surface area contributed by atoms with Crippen LogP contribution in [0.2, 0.25) is 0 Å².